The van der Waals surface area contributed by atoms with Gasteiger partial charge < -0.3 is 15.0 Å². The number of nitrogens with zero attached hydrogens (tertiary/aromatic N) is 1. The molecule has 1 saturated carbocycles. The van der Waals surface area contributed by atoms with Crippen LogP contribution in [0.4, 0.5) is 0 Å². The number of ether oxygens (including phenoxy) is 1. The third kappa shape index (κ3) is 7.59. The minimum absolute atomic E-state index is 0.112. The highest BCUT2D eigenvalue weighted by molar-refractivity contribution is 6.31. The Labute approximate surface area is 224 Å². The molecule has 0 saturated heterocycles. The number of aryl methyl sites for hydroxylation is 2. The molecule has 1 unspecified atom stereocenters. The molecule has 4 rings (SSSR count). The standard InChI is InChI=1S/C31H35ClN2O3/c1-22-9-8-12-25(17-22)20-34(30(35)21-37-27-15-16-28(32)23(2)18-27)29(19-24-10-4-3-5-11-24)31(36)33-26-13-6-7-14-26/h3-5,8-12,15-18,26,29H,6-7,13-14,19-21H2,1-2H3,(H,33,36). The molecule has 1 aliphatic rings. The molecule has 3 aromatic rings. The second-order valence-electron chi connectivity index (χ2n) is 9.91. The third-order valence-corrected chi connectivity index (χ3v) is 7.32. The van der Waals surface area contributed by atoms with Crippen LogP contribution >= 0.6 is 11.6 Å². The van der Waals surface area contributed by atoms with Crippen molar-refractivity contribution in [2.45, 2.75) is 64.6 Å². The molecule has 0 spiro atoms. The predicted octanol–water partition coefficient (Wildman–Crippen LogP) is 6.03. The average Bonchev–Trinajstić information content (AvgIpc) is 3.40. The van der Waals surface area contributed by atoms with Crippen molar-refractivity contribution in [3.05, 3.63) is 100 Å². The van der Waals surface area contributed by atoms with Gasteiger partial charge in [-0.3, -0.25) is 9.59 Å². The summed E-state index contributed by atoms with van der Waals surface area (Å²) in [5.41, 5.74) is 3.96. The van der Waals surface area contributed by atoms with Gasteiger partial charge in [-0.15, -0.1) is 0 Å². The molecule has 2 amide bonds. The van der Waals surface area contributed by atoms with Crippen LogP contribution in [0.25, 0.3) is 0 Å². The maximum atomic E-state index is 13.7. The van der Waals surface area contributed by atoms with E-state index < -0.39 is 6.04 Å². The lowest BCUT2D eigenvalue weighted by Gasteiger charge is -2.32. The summed E-state index contributed by atoms with van der Waals surface area (Å²) in [4.78, 5) is 29.1. The largest absolute Gasteiger partial charge is 0.484 e. The lowest BCUT2D eigenvalue weighted by atomic mass is 10.0. The van der Waals surface area contributed by atoms with Crippen molar-refractivity contribution in [2.24, 2.45) is 0 Å². The molecule has 6 heteroatoms. The van der Waals surface area contributed by atoms with E-state index in [0.29, 0.717) is 23.7 Å². The highest BCUT2D eigenvalue weighted by Crippen LogP contribution is 2.23. The van der Waals surface area contributed by atoms with Crippen LogP contribution < -0.4 is 10.1 Å². The molecule has 0 radical (unpaired) electrons. The van der Waals surface area contributed by atoms with E-state index in [1.807, 2.05) is 68.4 Å². The smallest absolute Gasteiger partial charge is 0.261 e. The van der Waals surface area contributed by atoms with Gasteiger partial charge in [0.05, 0.1) is 0 Å². The first kappa shape index (κ1) is 26.7. The van der Waals surface area contributed by atoms with Crippen molar-refractivity contribution in [3.8, 4) is 5.75 Å². The Hall–Kier alpha value is -3.31. The van der Waals surface area contributed by atoms with Gasteiger partial charge in [-0.2, -0.15) is 0 Å². The second kappa shape index (κ2) is 12.8. The van der Waals surface area contributed by atoms with Crippen LogP contribution in [-0.4, -0.2) is 35.4 Å². The minimum atomic E-state index is -0.661. The molecule has 0 heterocycles. The summed E-state index contributed by atoms with van der Waals surface area (Å²) in [5.74, 6) is 0.219. The fraction of sp³-hybridized carbons (Fsp3) is 0.355. The molecular formula is C31H35ClN2O3. The van der Waals surface area contributed by atoms with Gasteiger partial charge in [-0.1, -0.05) is 84.6 Å². The number of amides is 2. The SMILES string of the molecule is Cc1cccc(CN(C(=O)COc2ccc(Cl)c(C)c2)C(Cc2ccccc2)C(=O)NC2CCCC2)c1. The lowest BCUT2D eigenvalue weighted by molar-refractivity contribution is -0.143. The lowest BCUT2D eigenvalue weighted by Crippen LogP contribution is -2.53. The van der Waals surface area contributed by atoms with Crippen LogP contribution in [0.2, 0.25) is 5.02 Å². The quantitative estimate of drug-likeness (QED) is 0.356. The molecule has 0 aliphatic heterocycles. The van der Waals surface area contributed by atoms with E-state index in [9.17, 15) is 9.59 Å². The summed E-state index contributed by atoms with van der Waals surface area (Å²) in [6.07, 6.45) is 4.63. The molecule has 1 fully saturated rings. The number of nitrogens with one attached hydrogen (secondary N) is 1. The summed E-state index contributed by atoms with van der Waals surface area (Å²) < 4.78 is 5.88. The van der Waals surface area contributed by atoms with E-state index in [1.165, 1.54) is 0 Å². The molecular weight excluding hydrogens is 484 g/mol. The number of carbonyl (C=O) groups is 2. The van der Waals surface area contributed by atoms with E-state index in [0.717, 1.165) is 47.9 Å². The molecule has 1 aliphatic carbocycles. The maximum absolute atomic E-state index is 13.7. The molecule has 5 nitrogen and oxygen atoms in total. The van der Waals surface area contributed by atoms with Gasteiger partial charge in [0.2, 0.25) is 5.91 Å². The Morgan fingerprint density at radius 1 is 0.973 bits per heavy atom. The van der Waals surface area contributed by atoms with E-state index >= 15 is 0 Å². The molecule has 37 heavy (non-hydrogen) atoms. The molecule has 1 N–H and O–H groups in total. The average molecular weight is 519 g/mol. The van der Waals surface area contributed by atoms with Crippen LogP contribution in [0.5, 0.6) is 5.75 Å². The Morgan fingerprint density at radius 2 is 1.70 bits per heavy atom. The Kier molecular flexibility index (Phi) is 9.24. The zero-order chi connectivity index (χ0) is 26.2. The highest BCUT2D eigenvalue weighted by atomic mass is 35.5. The van der Waals surface area contributed by atoms with Crippen LogP contribution in [0.15, 0.2) is 72.8 Å². The van der Waals surface area contributed by atoms with Gasteiger partial charge in [-0.25, -0.2) is 0 Å². The van der Waals surface area contributed by atoms with Crippen LogP contribution in [0, 0.1) is 13.8 Å². The van der Waals surface area contributed by atoms with Gasteiger partial charge in [-0.05, 0) is 61.6 Å². The zero-order valence-corrected chi connectivity index (χ0v) is 22.3. The summed E-state index contributed by atoms with van der Waals surface area (Å²) in [6.45, 7) is 4.06. The van der Waals surface area contributed by atoms with Crippen molar-refractivity contribution in [2.75, 3.05) is 6.61 Å². The van der Waals surface area contributed by atoms with Crippen molar-refractivity contribution < 1.29 is 14.3 Å². The van der Waals surface area contributed by atoms with Gasteiger partial charge in [0.15, 0.2) is 6.61 Å². The van der Waals surface area contributed by atoms with Crippen LogP contribution in [-0.2, 0) is 22.6 Å². The second-order valence-corrected chi connectivity index (χ2v) is 10.3. The van der Waals surface area contributed by atoms with E-state index in [1.54, 1.807) is 17.0 Å². The third-order valence-electron chi connectivity index (χ3n) is 6.90. The van der Waals surface area contributed by atoms with Gasteiger partial charge in [0, 0.05) is 24.0 Å². The fourth-order valence-electron chi connectivity index (χ4n) is 4.86. The van der Waals surface area contributed by atoms with E-state index in [-0.39, 0.29) is 24.5 Å². The minimum Gasteiger partial charge on any atom is -0.484 e. The summed E-state index contributed by atoms with van der Waals surface area (Å²) in [6, 6.07) is 22.7. The first-order chi connectivity index (χ1) is 17.9. The maximum Gasteiger partial charge on any atom is 0.261 e. The van der Waals surface area contributed by atoms with E-state index in [4.69, 9.17) is 16.3 Å². The summed E-state index contributed by atoms with van der Waals surface area (Å²) in [5, 5.41) is 3.88. The summed E-state index contributed by atoms with van der Waals surface area (Å²) >= 11 is 6.14. The zero-order valence-electron chi connectivity index (χ0n) is 21.6. The van der Waals surface area contributed by atoms with Crippen molar-refractivity contribution >= 4 is 23.4 Å². The van der Waals surface area contributed by atoms with E-state index in [2.05, 4.69) is 11.4 Å². The number of rotatable bonds is 10. The topological polar surface area (TPSA) is 58.6 Å². The summed E-state index contributed by atoms with van der Waals surface area (Å²) in [7, 11) is 0. The molecule has 0 aromatic heterocycles. The van der Waals surface area contributed by atoms with Gasteiger partial charge >= 0.3 is 0 Å². The Morgan fingerprint density at radius 3 is 2.41 bits per heavy atom. The fourth-order valence-corrected chi connectivity index (χ4v) is 4.98. The van der Waals surface area contributed by atoms with Gasteiger partial charge in [0.25, 0.3) is 5.91 Å². The molecule has 0 bridgehead atoms. The van der Waals surface area contributed by atoms with Crippen molar-refractivity contribution in [3.63, 3.8) is 0 Å². The van der Waals surface area contributed by atoms with Crippen LogP contribution in [0.1, 0.15) is 47.9 Å². The highest BCUT2D eigenvalue weighted by Gasteiger charge is 2.32. The first-order valence-electron chi connectivity index (χ1n) is 13.0. The number of carbonyl (C=O) groups excluding carboxylic acids is 2. The molecule has 3 aromatic carbocycles. The van der Waals surface area contributed by atoms with Crippen molar-refractivity contribution in [1.82, 2.24) is 10.2 Å². The number of hydrogen-bond donors (Lipinski definition) is 1. The normalized spacial score (nSPS) is 14.2. The number of halogens is 1. The van der Waals surface area contributed by atoms with Crippen molar-refractivity contribution in [1.29, 1.82) is 0 Å². The molecule has 1 atom stereocenters. The first-order valence-corrected chi connectivity index (χ1v) is 13.3. The molecule has 194 valence electrons. The number of benzene rings is 3. The predicted molar refractivity (Wildman–Crippen MR) is 148 cm³/mol. The number of hydrogen-bond acceptors (Lipinski definition) is 3. The van der Waals surface area contributed by atoms with Crippen LogP contribution in [0.3, 0.4) is 0 Å². The monoisotopic (exact) mass is 518 g/mol. The van der Waals surface area contributed by atoms with Gasteiger partial charge in [0.1, 0.15) is 11.8 Å². The Balaban J connectivity index is 1.61. The Bertz CT molecular complexity index is 1210.